The molecule has 0 aliphatic heterocycles. The fourth-order valence-electron chi connectivity index (χ4n) is 1.78. The Bertz CT molecular complexity index is 354. The van der Waals surface area contributed by atoms with Crippen molar-refractivity contribution in [1.82, 2.24) is 5.32 Å². The standard InChI is InChI=1S/C10H18N2O2S.C6H16O3Si/c1-8(2)6-9(10(14)15)12-5-3-4-11-7-13;1-4-7-10(8-5-2)9-6-3/h8-9,12H,3-6H2,1-2H3,(H,14,15);10H,4-6H2,1-3H3/t9-;/m0./s1. The van der Waals surface area contributed by atoms with Crippen molar-refractivity contribution < 1.29 is 22.9 Å². The molecule has 0 aromatic carbocycles. The summed E-state index contributed by atoms with van der Waals surface area (Å²) in [6.07, 6.45) is 2.98. The number of nitrogens with one attached hydrogen (secondary N) is 1. The molecule has 0 aliphatic carbocycles. The van der Waals surface area contributed by atoms with Gasteiger partial charge in [0.2, 0.25) is 11.2 Å². The molecule has 1 atom stereocenters. The number of aliphatic imine (C=N–C) groups is 1. The van der Waals surface area contributed by atoms with E-state index in [0.717, 1.165) is 12.8 Å². The molecular weight excluding hydrogens is 360 g/mol. The Balaban J connectivity index is 0. The molecule has 0 amide bonds. The van der Waals surface area contributed by atoms with Crippen LogP contribution in [0.5, 0.6) is 0 Å². The Morgan fingerprint density at radius 2 is 1.68 bits per heavy atom. The van der Waals surface area contributed by atoms with Gasteiger partial charge < -0.3 is 18.6 Å². The number of nitrogens with zero attached hydrogens (tertiary/aromatic N) is 1. The molecule has 0 spiro atoms. The lowest BCUT2D eigenvalue weighted by Crippen LogP contribution is -2.36. The molecule has 148 valence electrons. The first-order valence-electron chi connectivity index (χ1n) is 8.77. The molecular formula is C16H34N2O5SSi. The number of hydrogen-bond acceptors (Lipinski definition) is 7. The van der Waals surface area contributed by atoms with Gasteiger partial charge in [0.15, 0.2) is 0 Å². The summed E-state index contributed by atoms with van der Waals surface area (Å²) in [4.78, 5) is 24.3. The summed E-state index contributed by atoms with van der Waals surface area (Å²) in [5, 5.41) is 2.96. The molecule has 0 saturated heterocycles. The first-order chi connectivity index (χ1) is 11.9. The van der Waals surface area contributed by atoms with E-state index in [4.69, 9.17) is 13.3 Å². The lowest BCUT2D eigenvalue weighted by molar-refractivity contribution is -0.112. The van der Waals surface area contributed by atoms with E-state index < -0.39 is 9.53 Å². The van der Waals surface area contributed by atoms with Crippen LogP contribution in [-0.4, -0.2) is 59.7 Å². The zero-order valence-electron chi connectivity index (χ0n) is 16.1. The summed E-state index contributed by atoms with van der Waals surface area (Å²) < 4.78 is 15.7. The van der Waals surface area contributed by atoms with E-state index in [2.05, 4.69) is 36.8 Å². The summed E-state index contributed by atoms with van der Waals surface area (Å²) in [7, 11) is -1.73. The SMILES string of the molecule is CC(C)C[C@H](NCCCN=C=O)C(=O)S.CCO[SiH](OCC)OCC. The summed E-state index contributed by atoms with van der Waals surface area (Å²) in [5.74, 6) is 0.451. The van der Waals surface area contributed by atoms with Crippen molar-refractivity contribution in [2.24, 2.45) is 10.9 Å². The molecule has 0 aromatic rings. The van der Waals surface area contributed by atoms with E-state index in [-0.39, 0.29) is 11.2 Å². The third-order valence-electron chi connectivity index (χ3n) is 2.82. The Morgan fingerprint density at radius 1 is 1.16 bits per heavy atom. The molecule has 0 saturated carbocycles. The first kappa shape index (κ1) is 26.7. The highest BCUT2D eigenvalue weighted by atomic mass is 32.1. The second kappa shape index (κ2) is 19.8. The molecule has 0 heterocycles. The molecule has 0 unspecified atom stereocenters. The largest absolute Gasteiger partial charge is 0.484 e. The van der Waals surface area contributed by atoms with Gasteiger partial charge in [0.1, 0.15) is 0 Å². The zero-order chi connectivity index (χ0) is 19.5. The maximum atomic E-state index is 11.1. The fourth-order valence-corrected chi connectivity index (χ4v) is 3.08. The van der Waals surface area contributed by atoms with E-state index in [1.54, 1.807) is 0 Å². The van der Waals surface area contributed by atoms with Crippen LogP contribution in [0.15, 0.2) is 4.99 Å². The quantitative estimate of drug-likeness (QED) is 0.154. The van der Waals surface area contributed by atoms with Gasteiger partial charge in [-0.2, -0.15) is 0 Å². The van der Waals surface area contributed by atoms with Gasteiger partial charge >= 0.3 is 9.53 Å². The Morgan fingerprint density at radius 3 is 2.04 bits per heavy atom. The van der Waals surface area contributed by atoms with E-state index >= 15 is 0 Å². The summed E-state index contributed by atoms with van der Waals surface area (Å²) >= 11 is 3.82. The van der Waals surface area contributed by atoms with Gasteiger partial charge in [0.25, 0.3) is 0 Å². The lowest BCUT2D eigenvalue weighted by Gasteiger charge is -2.16. The van der Waals surface area contributed by atoms with E-state index in [0.29, 0.717) is 38.8 Å². The third kappa shape index (κ3) is 19.6. The van der Waals surface area contributed by atoms with Gasteiger partial charge in [0, 0.05) is 19.8 Å². The number of rotatable bonds is 14. The van der Waals surface area contributed by atoms with Crippen molar-refractivity contribution in [2.75, 3.05) is 32.9 Å². The van der Waals surface area contributed by atoms with Crippen LogP contribution in [0.3, 0.4) is 0 Å². The molecule has 0 aliphatic rings. The minimum atomic E-state index is -1.73. The van der Waals surface area contributed by atoms with Gasteiger partial charge in [-0.05, 0) is 46.1 Å². The highest BCUT2D eigenvalue weighted by Crippen LogP contribution is 2.07. The average molecular weight is 395 g/mol. The average Bonchev–Trinajstić information content (AvgIpc) is 2.54. The summed E-state index contributed by atoms with van der Waals surface area (Å²) in [5.41, 5.74) is 0. The minimum Gasteiger partial charge on any atom is -0.376 e. The number of carbonyl (C=O) groups excluding carboxylic acids is 2. The highest BCUT2D eigenvalue weighted by Gasteiger charge is 2.15. The van der Waals surface area contributed by atoms with Crippen molar-refractivity contribution in [2.45, 2.75) is 53.5 Å². The van der Waals surface area contributed by atoms with Crippen LogP contribution < -0.4 is 5.32 Å². The minimum absolute atomic E-state index is 0.136. The molecule has 0 radical (unpaired) electrons. The Hall–Kier alpha value is -0.543. The van der Waals surface area contributed by atoms with Gasteiger partial charge in [-0.3, -0.25) is 4.79 Å². The number of hydrogen-bond donors (Lipinski definition) is 2. The third-order valence-corrected chi connectivity index (χ3v) is 4.94. The Labute approximate surface area is 159 Å². The van der Waals surface area contributed by atoms with Gasteiger partial charge in [-0.1, -0.05) is 13.8 Å². The summed E-state index contributed by atoms with van der Waals surface area (Å²) in [6.45, 7) is 13.1. The van der Waals surface area contributed by atoms with Crippen LogP contribution in [0.2, 0.25) is 0 Å². The van der Waals surface area contributed by atoms with E-state index in [1.807, 2.05) is 20.8 Å². The monoisotopic (exact) mass is 394 g/mol. The molecule has 0 fully saturated rings. The van der Waals surface area contributed by atoms with Crippen molar-refractivity contribution in [3.05, 3.63) is 0 Å². The molecule has 1 N–H and O–H groups in total. The predicted molar refractivity (Wildman–Crippen MR) is 105 cm³/mol. The first-order valence-corrected chi connectivity index (χ1v) is 10.6. The number of isocyanates is 1. The molecule has 0 rings (SSSR count). The smallest absolute Gasteiger partial charge is 0.376 e. The van der Waals surface area contributed by atoms with Crippen molar-refractivity contribution in [3.8, 4) is 0 Å². The van der Waals surface area contributed by atoms with Crippen LogP contribution in [0.25, 0.3) is 0 Å². The number of carbonyl (C=O) groups is 1. The predicted octanol–water partition coefficient (Wildman–Crippen LogP) is 1.99. The van der Waals surface area contributed by atoms with Crippen molar-refractivity contribution >= 4 is 33.4 Å². The maximum Gasteiger partial charge on any atom is 0.484 e. The van der Waals surface area contributed by atoms with Gasteiger partial charge in [-0.15, -0.1) is 12.6 Å². The molecule has 25 heavy (non-hydrogen) atoms. The van der Waals surface area contributed by atoms with E-state index in [1.165, 1.54) is 6.08 Å². The fraction of sp³-hybridized carbons (Fsp3) is 0.875. The topological polar surface area (TPSA) is 86.2 Å². The number of thiol groups is 1. The Kier molecular flexibility index (Phi) is 21.1. The second-order valence-corrected chi connectivity index (χ2v) is 7.47. The maximum absolute atomic E-state index is 11.1. The van der Waals surface area contributed by atoms with E-state index in [9.17, 15) is 9.59 Å². The van der Waals surface area contributed by atoms with Crippen molar-refractivity contribution in [1.29, 1.82) is 0 Å². The second-order valence-electron chi connectivity index (χ2n) is 5.46. The molecule has 7 nitrogen and oxygen atoms in total. The van der Waals surface area contributed by atoms with Gasteiger partial charge in [0.05, 0.1) is 12.6 Å². The van der Waals surface area contributed by atoms with Crippen LogP contribution in [-0.2, 0) is 22.9 Å². The van der Waals surface area contributed by atoms with Crippen molar-refractivity contribution in [3.63, 3.8) is 0 Å². The van der Waals surface area contributed by atoms with Crippen LogP contribution in [0, 0.1) is 5.92 Å². The molecule has 9 heteroatoms. The van der Waals surface area contributed by atoms with Crippen LogP contribution >= 0.6 is 12.6 Å². The lowest BCUT2D eigenvalue weighted by atomic mass is 10.0. The highest BCUT2D eigenvalue weighted by molar-refractivity contribution is 7.96. The molecule has 0 bridgehead atoms. The van der Waals surface area contributed by atoms with Gasteiger partial charge in [-0.25, -0.2) is 9.79 Å². The zero-order valence-corrected chi connectivity index (χ0v) is 18.2. The normalized spacial score (nSPS) is 11.7. The summed E-state index contributed by atoms with van der Waals surface area (Å²) in [6, 6.07) is -0.200. The van der Waals surface area contributed by atoms with Crippen LogP contribution in [0.1, 0.15) is 47.5 Å². The molecule has 0 aromatic heterocycles. The van der Waals surface area contributed by atoms with Crippen LogP contribution in [0.4, 0.5) is 0 Å².